The molecule has 4 heteroatoms. The van der Waals surface area contributed by atoms with Gasteiger partial charge >= 0.3 is 0 Å². The van der Waals surface area contributed by atoms with Crippen molar-refractivity contribution in [3.8, 4) is 0 Å². The molecule has 0 N–H and O–H groups in total. The minimum Gasteiger partial charge on any atom is -0.354 e. The second-order valence-corrected chi connectivity index (χ2v) is 8.42. The quantitative estimate of drug-likeness (QED) is 0.825. The highest BCUT2D eigenvalue weighted by molar-refractivity contribution is 7.99. The number of hydrogen-bond acceptors (Lipinski definition) is 4. The van der Waals surface area contributed by atoms with Crippen molar-refractivity contribution in [2.45, 2.75) is 32.7 Å². The number of fused-ring (bicyclic) bond motifs is 1. The third-order valence-electron chi connectivity index (χ3n) is 5.46. The van der Waals surface area contributed by atoms with Gasteiger partial charge < -0.3 is 4.90 Å². The van der Waals surface area contributed by atoms with Crippen LogP contribution in [0.4, 0.5) is 5.82 Å². The molecule has 2 fully saturated rings. The first-order chi connectivity index (χ1) is 11.7. The molecule has 0 unspecified atom stereocenters. The summed E-state index contributed by atoms with van der Waals surface area (Å²) in [5.74, 6) is 3.87. The lowest BCUT2D eigenvalue weighted by molar-refractivity contribution is 0.175. The monoisotopic (exact) mass is 341 g/mol. The summed E-state index contributed by atoms with van der Waals surface area (Å²) < 4.78 is 0. The molecule has 24 heavy (non-hydrogen) atoms. The van der Waals surface area contributed by atoms with Crippen LogP contribution in [-0.2, 0) is 0 Å². The summed E-state index contributed by atoms with van der Waals surface area (Å²) in [6.45, 7) is 8.92. The van der Waals surface area contributed by atoms with E-state index in [9.17, 15) is 0 Å². The van der Waals surface area contributed by atoms with E-state index in [4.69, 9.17) is 4.98 Å². The Labute approximate surface area is 149 Å². The molecule has 2 saturated heterocycles. The number of pyridine rings is 1. The predicted octanol–water partition coefficient (Wildman–Crippen LogP) is 3.87. The molecule has 0 spiro atoms. The first kappa shape index (κ1) is 16.2. The van der Waals surface area contributed by atoms with Gasteiger partial charge in [0, 0.05) is 37.6 Å². The van der Waals surface area contributed by atoms with Crippen molar-refractivity contribution in [2.75, 3.05) is 42.6 Å². The predicted molar refractivity (Wildman–Crippen MR) is 105 cm³/mol. The lowest BCUT2D eigenvalue weighted by atomic mass is 10.1. The SMILES string of the molecule is Cc1ccc2cc(C)c(N3CCN(C4CCSCC4)CC3)nc2c1. The average Bonchev–Trinajstić information content (AvgIpc) is 2.62. The zero-order valence-electron chi connectivity index (χ0n) is 14.8. The summed E-state index contributed by atoms with van der Waals surface area (Å²) in [6.07, 6.45) is 2.74. The maximum absolute atomic E-state index is 5.00. The molecule has 128 valence electrons. The van der Waals surface area contributed by atoms with Crippen LogP contribution in [-0.4, -0.2) is 53.6 Å². The number of hydrogen-bond donors (Lipinski definition) is 0. The maximum atomic E-state index is 5.00. The highest BCUT2D eigenvalue weighted by Gasteiger charge is 2.26. The van der Waals surface area contributed by atoms with Gasteiger partial charge in [0.1, 0.15) is 5.82 Å². The molecule has 3 nitrogen and oxygen atoms in total. The molecule has 0 aliphatic carbocycles. The van der Waals surface area contributed by atoms with Gasteiger partial charge in [0.25, 0.3) is 0 Å². The number of nitrogens with zero attached hydrogens (tertiary/aromatic N) is 3. The minimum absolute atomic E-state index is 0.821. The van der Waals surface area contributed by atoms with Crippen LogP contribution in [0.3, 0.4) is 0 Å². The molecule has 0 bridgehead atoms. The molecule has 2 aliphatic heterocycles. The van der Waals surface area contributed by atoms with E-state index in [1.165, 1.54) is 59.8 Å². The molecule has 2 aliphatic rings. The summed E-state index contributed by atoms with van der Waals surface area (Å²) >= 11 is 2.12. The highest BCUT2D eigenvalue weighted by atomic mass is 32.2. The fourth-order valence-electron chi connectivity index (χ4n) is 4.04. The topological polar surface area (TPSA) is 19.4 Å². The Hall–Kier alpha value is -1.26. The van der Waals surface area contributed by atoms with Crippen LogP contribution in [0.5, 0.6) is 0 Å². The van der Waals surface area contributed by atoms with Crippen molar-refractivity contribution >= 4 is 28.5 Å². The van der Waals surface area contributed by atoms with E-state index in [0.717, 1.165) is 24.6 Å². The van der Waals surface area contributed by atoms with Crippen LogP contribution < -0.4 is 4.90 Å². The second-order valence-electron chi connectivity index (χ2n) is 7.19. The van der Waals surface area contributed by atoms with E-state index < -0.39 is 0 Å². The molecule has 0 atom stereocenters. The van der Waals surface area contributed by atoms with Crippen LogP contribution in [0, 0.1) is 13.8 Å². The summed E-state index contributed by atoms with van der Waals surface area (Å²) in [4.78, 5) is 10.2. The lowest BCUT2D eigenvalue weighted by Crippen LogP contribution is -2.51. The zero-order chi connectivity index (χ0) is 16.5. The Morgan fingerprint density at radius 1 is 1.00 bits per heavy atom. The van der Waals surface area contributed by atoms with E-state index in [0.29, 0.717) is 0 Å². The minimum atomic E-state index is 0.821. The Balaban J connectivity index is 1.50. The average molecular weight is 342 g/mol. The van der Waals surface area contributed by atoms with Gasteiger partial charge in [-0.3, -0.25) is 4.90 Å². The van der Waals surface area contributed by atoms with Crippen molar-refractivity contribution in [1.29, 1.82) is 0 Å². The first-order valence-corrected chi connectivity index (χ1v) is 10.3. The fourth-order valence-corrected chi connectivity index (χ4v) is 5.12. The van der Waals surface area contributed by atoms with E-state index in [2.05, 4.69) is 59.7 Å². The summed E-state index contributed by atoms with van der Waals surface area (Å²) in [5.41, 5.74) is 3.71. The molecule has 2 aromatic rings. The number of piperazine rings is 1. The molecular formula is C20H27N3S. The maximum Gasteiger partial charge on any atom is 0.132 e. The van der Waals surface area contributed by atoms with E-state index in [1.54, 1.807) is 0 Å². The molecule has 4 rings (SSSR count). The van der Waals surface area contributed by atoms with Crippen LogP contribution in [0.25, 0.3) is 10.9 Å². The third kappa shape index (κ3) is 3.27. The summed E-state index contributed by atoms with van der Waals surface area (Å²) in [6, 6.07) is 9.68. The smallest absolute Gasteiger partial charge is 0.132 e. The van der Waals surface area contributed by atoms with Gasteiger partial charge in [-0.1, -0.05) is 12.1 Å². The Morgan fingerprint density at radius 3 is 2.50 bits per heavy atom. The number of rotatable bonds is 2. The standard InChI is InChI=1S/C20H27N3S/c1-15-3-4-17-14-16(2)20(21-19(17)13-15)23-9-7-22(8-10-23)18-5-11-24-12-6-18/h3-4,13-14,18H,5-12H2,1-2H3. The first-order valence-electron chi connectivity index (χ1n) is 9.15. The molecule has 1 aromatic heterocycles. The van der Waals surface area contributed by atoms with Crippen LogP contribution in [0.2, 0.25) is 0 Å². The molecule has 0 saturated carbocycles. The van der Waals surface area contributed by atoms with E-state index in [-0.39, 0.29) is 0 Å². The van der Waals surface area contributed by atoms with Crippen molar-refractivity contribution in [3.63, 3.8) is 0 Å². The molecule has 3 heterocycles. The number of anilines is 1. The zero-order valence-corrected chi connectivity index (χ0v) is 15.6. The number of benzene rings is 1. The number of aryl methyl sites for hydroxylation is 2. The van der Waals surface area contributed by atoms with Crippen molar-refractivity contribution < 1.29 is 0 Å². The van der Waals surface area contributed by atoms with Gasteiger partial charge in [-0.2, -0.15) is 11.8 Å². The molecule has 0 amide bonds. The van der Waals surface area contributed by atoms with E-state index >= 15 is 0 Å². The van der Waals surface area contributed by atoms with Crippen LogP contribution >= 0.6 is 11.8 Å². The van der Waals surface area contributed by atoms with Crippen LogP contribution in [0.15, 0.2) is 24.3 Å². The molecule has 1 aromatic carbocycles. The van der Waals surface area contributed by atoms with Gasteiger partial charge in [0.2, 0.25) is 0 Å². The normalized spacial score (nSPS) is 20.7. The second kappa shape index (κ2) is 6.93. The van der Waals surface area contributed by atoms with E-state index in [1.807, 2.05) is 0 Å². The van der Waals surface area contributed by atoms with Gasteiger partial charge in [-0.05, 0) is 61.5 Å². The Bertz CT molecular complexity index is 716. The number of thioether (sulfide) groups is 1. The third-order valence-corrected chi connectivity index (χ3v) is 6.51. The largest absolute Gasteiger partial charge is 0.354 e. The van der Waals surface area contributed by atoms with Crippen molar-refractivity contribution in [1.82, 2.24) is 9.88 Å². The molecular weight excluding hydrogens is 314 g/mol. The molecule has 0 radical (unpaired) electrons. The summed E-state index contributed by atoms with van der Waals surface area (Å²) in [5, 5.41) is 1.25. The Kier molecular flexibility index (Phi) is 4.68. The fraction of sp³-hybridized carbons (Fsp3) is 0.550. The van der Waals surface area contributed by atoms with Crippen molar-refractivity contribution in [2.24, 2.45) is 0 Å². The van der Waals surface area contributed by atoms with Crippen molar-refractivity contribution in [3.05, 3.63) is 35.4 Å². The highest BCUT2D eigenvalue weighted by Crippen LogP contribution is 2.27. The van der Waals surface area contributed by atoms with Crippen LogP contribution in [0.1, 0.15) is 24.0 Å². The number of aromatic nitrogens is 1. The lowest BCUT2D eigenvalue weighted by Gasteiger charge is -2.41. The van der Waals surface area contributed by atoms with Gasteiger partial charge in [0.15, 0.2) is 0 Å². The van der Waals surface area contributed by atoms with Gasteiger partial charge in [-0.25, -0.2) is 4.98 Å². The van der Waals surface area contributed by atoms with Gasteiger partial charge in [0.05, 0.1) is 5.52 Å². The Morgan fingerprint density at radius 2 is 1.75 bits per heavy atom. The summed E-state index contributed by atoms with van der Waals surface area (Å²) in [7, 11) is 0. The van der Waals surface area contributed by atoms with Gasteiger partial charge in [-0.15, -0.1) is 0 Å².